The molecule has 1 fully saturated rings. The van der Waals surface area contributed by atoms with Crippen LogP contribution >= 0.6 is 0 Å². The van der Waals surface area contributed by atoms with Crippen molar-refractivity contribution in [3.05, 3.63) is 11.6 Å². The first-order valence-corrected chi connectivity index (χ1v) is 7.49. The topological polar surface area (TPSA) is 71.2 Å². The number of likely N-dealkylation sites (N-methyl/N-ethyl adjacent to an activating group) is 1. The Labute approximate surface area is 118 Å². The fraction of sp³-hybridized carbons (Fsp3) is 0.786. The fourth-order valence-electron chi connectivity index (χ4n) is 3.26. The second-order valence-corrected chi connectivity index (χ2v) is 6.03. The Morgan fingerprint density at radius 1 is 1.40 bits per heavy atom. The fourth-order valence-corrected chi connectivity index (χ4v) is 3.26. The van der Waals surface area contributed by atoms with Gasteiger partial charge in [0, 0.05) is 18.9 Å². The molecule has 0 amide bonds. The molecule has 0 saturated carbocycles. The number of hydrogen-bond acceptors (Lipinski definition) is 4. The second kappa shape index (κ2) is 5.52. The number of carboxylic acid groups (broad SMARTS) is 1. The summed E-state index contributed by atoms with van der Waals surface area (Å²) in [7, 11) is 2.17. The van der Waals surface area contributed by atoms with Crippen LogP contribution in [0.5, 0.6) is 0 Å². The number of carboxylic acids is 1. The van der Waals surface area contributed by atoms with Gasteiger partial charge in [-0.3, -0.25) is 4.79 Å². The molecular formula is C14H22N4O2. The van der Waals surface area contributed by atoms with Gasteiger partial charge in [-0.25, -0.2) is 9.67 Å². The van der Waals surface area contributed by atoms with Gasteiger partial charge in [-0.1, -0.05) is 6.42 Å². The molecule has 2 aliphatic heterocycles. The summed E-state index contributed by atoms with van der Waals surface area (Å²) in [5.74, 6) is 0.801. The van der Waals surface area contributed by atoms with Gasteiger partial charge in [0.05, 0.1) is 12.5 Å². The van der Waals surface area contributed by atoms with E-state index in [2.05, 4.69) is 22.0 Å². The second-order valence-electron chi connectivity index (χ2n) is 6.03. The Bertz CT molecular complexity index is 499. The van der Waals surface area contributed by atoms with E-state index in [0.717, 1.165) is 31.0 Å². The van der Waals surface area contributed by atoms with Crippen LogP contribution < -0.4 is 0 Å². The van der Waals surface area contributed by atoms with Crippen LogP contribution in [0.4, 0.5) is 0 Å². The zero-order chi connectivity index (χ0) is 14.1. The Balaban J connectivity index is 1.69. The summed E-state index contributed by atoms with van der Waals surface area (Å²) < 4.78 is 1.81. The maximum Gasteiger partial charge on any atom is 0.308 e. The van der Waals surface area contributed by atoms with Gasteiger partial charge >= 0.3 is 5.97 Å². The Kier molecular flexibility index (Phi) is 3.74. The zero-order valence-electron chi connectivity index (χ0n) is 12.0. The number of nitrogens with zero attached hydrogens (tertiary/aromatic N) is 4. The minimum atomic E-state index is -0.722. The summed E-state index contributed by atoms with van der Waals surface area (Å²) in [6, 6.07) is 0.531. The molecule has 0 aromatic carbocycles. The van der Waals surface area contributed by atoms with Crippen molar-refractivity contribution in [2.24, 2.45) is 5.92 Å². The van der Waals surface area contributed by atoms with Gasteiger partial charge in [-0.2, -0.15) is 5.10 Å². The third kappa shape index (κ3) is 2.70. The lowest BCUT2D eigenvalue weighted by Crippen LogP contribution is -2.37. The molecule has 110 valence electrons. The van der Waals surface area contributed by atoms with Crippen molar-refractivity contribution in [1.29, 1.82) is 0 Å². The molecule has 1 aromatic heterocycles. The first-order valence-electron chi connectivity index (χ1n) is 7.49. The predicted octanol–water partition coefficient (Wildman–Crippen LogP) is 0.952. The van der Waals surface area contributed by atoms with Crippen molar-refractivity contribution in [2.45, 2.75) is 51.1 Å². The Hall–Kier alpha value is -1.43. The summed E-state index contributed by atoms with van der Waals surface area (Å²) >= 11 is 0. The molecule has 3 rings (SSSR count). The molecule has 3 heterocycles. The van der Waals surface area contributed by atoms with Gasteiger partial charge in [-0.05, 0) is 32.9 Å². The lowest BCUT2D eigenvalue weighted by atomic mass is 10.00. The van der Waals surface area contributed by atoms with Crippen LogP contribution in [-0.4, -0.2) is 50.4 Å². The van der Waals surface area contributed by atoms with Crippen LogP contribution in [0.25, 0.3) is 0 Å². The highest BCUT2D eigenvalue weighted by Gasteiger charge is 2.27. The molecule has 6 nitrogen and oxygen atoms in total. The average Bonchev–Trinajstić information content (AvgIpc) is 2.82. The van der Waals surface area contributed by atoms with Gasteiger partial charge in [-0.15, -0.1) is 0 Å². The number of likely N-dealkylation sites (tertiary alicyclic amines) is 1. The molecule has 2 unspecified atom stereocenters. The van der Waals surface area contributed by atoms with E-state index in [4.69, 9.17) is 5.11 Å². The van der Waals surface area contributed by atoms with E-state index in [1.807, 2.05) is 0 Å². The van der Waals surface area contributed by atoms with Gasteiger partial charge < -0.3 is 10.0 Å². The number of aryl methyl sites for hydroxylation is 1. The summed E-state index contributed by atoms with van der Waals surface area (Å²) in [6.07, 6.45) is 6.05. The normalized spacial score (nSPS) is 27.2. The summed E-state index contributed by atoms with van der Waals surface area (Å²) in [4.78, 5) is 18.1. The largest absolute Gasteiger partial charge is 0.481 e. The van der Waals surface area contributed by atoms with Gasteiger partial charge in [0.15, 0.2) is 5.82 Å². The third-order valence-electron chi connectivity index (χ3n) is 4.59. The van der Waals surface area contributed by atoms with Gasteiger partial charge in [0.2, 0.25) is 0 Å². The van der Waals surface area contributed by atoms with E-state index in [0.29, 0.717) is 19.0 Å². The molecule has 6 heteroatoms. The SMILES string of the molecule is CN1CCCCC1Cc1nc2n(n1)CC(C(=O)O)CC2. The number of aromatic nitrogens is 3. The van der Waals surface area contributed by atoms with Crippen molar-refractivity contribution >= 4 is 5.97 Å². The summed E-state index contributed by atoms with van der Waals surface area (Å²) in [5.41, 5.74) is 0. The smallest absolute Gasteiger partial charge is 0.308 e. The molecule has 1 N–H and O–H groups in total. The molecular weight excluding hydrogens is 256 g/mol. The van der Waals surface area contributed by atoms with Crippen molar-refractivity contribution in [3.63, 3.8) is 0 Å². The van der Waals surface area contributed by atoms with Crippen molar-refractivity contribution in [3.8, 4) is 0 Å². The van der Waals surface area contributed by atoms with Crippen LogP contribution in [0, 0.1) is 5.92 Å². The first kappa shape index (κ1) is 13.5. The van der Waals surface area contributed by atoms with E-state index < -0.39 is 5.97 Å². The Morgan fingerprint density at radius 2 is 2.25 bits per heavy atom. The van der Waals surface area contributed by atoms with Crippen LogP contribution in [0.15, 0.2) is 0 Å². The summed E-state index contributed by atoms with van der Waals surface area (Å²) in [6.45, 7) is 1.62. The number of hydrogen-bond donors (Lipinski definition) is 1. The first-order chi connectivity index (χ1) is 9.63. The molecule has 1 aromatic rings. The lowest BCUT2D eigenvalue weighted by molar-refractivity contribution is -0.142. The lowest BCUT2D eigenvalue weighted by Gasteiger charge is -2.31. The number of rotatable bonds is 3. The molecule has 2 atom stereocenters. The van der Waals surface area contributed by atoms with Crippen molar-refractivity contribution < 1.29 is 9.90 Å². The van der Waals surface area contributed by atoms with E-state index in [1.54, 1.807) is 4.68 Å². The Morgan fingerprint density at radius 3 is 3.00 bits per heavy atom. The minimum absolute atomic E-state index is 0.311. The average molecular weight is 278 g/mol. The predicted molar refractivity (Wildman–Crippen MR) is 73.4 cm³/mol. The maximum absolute atomic E-state index is 11.1. The number of piperidine rings is 1. The summed E-state index contributed by atoms with van der Waals surface area (Å²) in [5, 5.41) is 13.6. The monoisotopic (exact) mass is 278 g/mol. The van der Waals surface area contributed by atoms with E-state index >= 15 is 0 Å². The quantitative estimate of drug-likeness (QED) is 0.891. The van der Waals surface area contributed by atoms with Crippen LogP contribution in [-0.2, 0) is 24.2 Å². The van der Waals surface area contributed by atoms with E-state index in [1.165, 1.54) is 19.3 Å². The molecule has 0 aliphatic carbocycles. The van der Waals surface area contributed by atoms with Crippen molar-refractivity contribution in [2.75, 3.05) is 13.6 Å². The van der Waals surface area contributed by atoms with E-state index in [9.17, 15) is 4.79 Å². The highest BCUT2D eigenvalue weighted by molar-refractivity contribution is 5.70. The highest BCUT2D eigenvalue weighted by Crippen LogP contribution is 2.21. The standard InChI is InChI=1S/C14H22N4O2/c1-17-7-3-2-4-11(17)8-12-15-13-6-5-10(14(19)20)9-18(13)16-12/h10-11H,2-9H2,1H3,(H,19,20). The molecule has 20 heavy (non-hydrogen) atoms. The van der Waals surface area contributed by atoms with Gasteiger partial charge in [0.25, 0.3) is 0 Å². The molecule has 1 saturated heterocycles. The minimum Gasteiger partial charge on any atom is -0.481 e. The number of carbonyl (C=O) groups is 1. The zero-order valence-corrected chi connectivity index (χ0v) is 12.0. The van der Waals surface area contributed by atoms with Crippen LogP contribution in [0.2, 0.25) is 0 Å². The molecule has 0 bridgehead atoms. The molecule has 2 aliphatic rings. The number of fused-ring (bicyclic) bond motifs is 1. The number of aliphatic carboxylic acids is 1. The van der Waals surface area contributed by atoms with Crippen LogP contribution in [0.3, 0.4) is 0 Å². The highest BCUT2D eigenvalue weighted by atomic mass is 16.4. The van der Waals surface area contributed by atoms with E-state index in [-0.39, 0.29) is 5.92 Å². The van der Waals surface area contributed by atoms with Crippen molar-refractivity contribution in [1.82, 2.24) is 19.7 Å². The molecule has 0 radical (unpaired) electrons. The molecule has 0 spiro atoms. The maximum atomic E-state index is 11.1. The van der Waals surface area contributed by atoms with Crippen LogP contribution in [0.1, 0.15) is 37.3 Å². The van der Waals surface area contributed by atoms with Gasteiger partial charge in [0.1, 0.15) is 5.82 Å². The third-order valence-corrected chi connectivity index (χ3v) is 4.59.